The molecule has 0 aliphatic carbocycles. The van der Waals surface area contributed by atoms with E-state index < -0.39 is 0 Å². The first-order valence-electron chi connectivity index (χ1n) is 7.34. The first-order chi connectivity index (χ1) is 9.13. The Balaban J connectivity index is 1.88. The van der Waals surface area contributed by atoms with Gasteiger partial charge in [0.15, 0.2) is 0 Å². The molecule has 0 atom stereocenters. The second-order valence-corrected chi connectivity index (χ2v) is 5.60. The van der Waals surface area contributed by atoms with Crippen molar-refractivity contribution in [3.8, 4) is 0 Å². The van der Waals surface area contributed by atoms with Crippen molar-refractivity contribution in [1.82, 2.24) is 9.80 Å². The molecule has 0 bridgehead atoms. The molecule has 1 aromatic rings. The smallest absolute Gasteiger partial charge is 0.120 e. The van der Waals surface area contributed by atoms with Crippen molar-refractivity contribution < 1.29 is 4.42 Å². The lowest BCUT2D eigenvalue weighted by molar-refractivity contribution is 0.121. The lowest BCUT2D eigenvalue weighted by atomic mass is 10.0. The van der Waals surface area contributed by atoms with Gasteiger partial charge in [0, 0.05) is 6.04 Å². The minimum atomic E-state index is 0.491. The van der Waals surface area contributed by atoms with Gasteiger partial charge in [-0.05, 0) is 58.1 Å². The maximum atomic E-state index is 5.79. The van der Waals surface area contributed by atoms with Gasteiger partial charge in [-0.2, -0.15) is 0 Å². The molecule has 0 aromatic carbocycles. The van der Waals surface area contributed by atoms with Gasteiger partial charge >= 0.3 is 0 Å². The van der Waals surface area contributed by atoms with Crippen molar-refractivity contribution in [1.29, 1.82) is 0 Å². The number of furan rings is 1. The van der Waals surface area contributed by atoms with Crippen LogP contribution >= 0.6 is 0 Å². The number of piperidine rings is 1. The Morgan fingerprint density at radius 1 is 1.42 bits per heavy atom. The zero-order valence-electron chi connectivity index (χ0n) is 12.5. The van der Waals surface area contributed by atoms with Gasteiger partial charge < -0.3 is 15.1 Å². The summed E-state index contributed by atoms with van der Waals surface area (Å²) in [5.41, 5.74) is 6.83. The fourth-order valence-electron chi connectivity index (χ4n) is 2.92. The van der Waals surface area contributed by atoms with E-state index in [0.717, 1.165) is 18.1 Å². The number of hydrogen-bond donors (Lipinski definition) is 1. The zero-order chi connectivity index (χ0) is 13.8. The molecule has 0 unspecified atom stereocenters. The predicted molar refractivity (Wildman–Crippen MR) is 77.9 cm³/mol. The van der Waals surface area contributed by atoms with Crippen molar-refractivity contribution in [2.45, 2.75) is 45.8 Å². The summed E-state index contributed by atoms with van der Waals surface area (Å²) in [6.07, 6.45) is 2.52. The molecule has 1 saturated heterocycles. The van der Waals surface area contributed by atoms with Crippen LogP contribution in [0, 0.1) is 6.92 Å². The van der Waals surface area contributed by atoms with Crippen LogP contribution in [0.15, 0.2) is 10.5 Å². The van der Waals surface area contributed by atoms with E-state index in [1.807, 2.05) is 0 Å². The van der Waals surface area contributed by atoms with Crippen LogP contribution < -0.4 is 5.73 Å². The van der Waals surface area contributed by atoms with Gasteiger partial charge in [-0.3, -0.25) is 4.90 Å². The Kier molecular flexibility index (Phi) is 5.02. The molecule has 1 aliphatic rings. The lowest BCUT2D eigenvalue weighted by Crippen LogP contribution is -2.42. The van der Waals surface area contributed by atoms with E-state index in [1.54, 1.807) is 0 Å². The quantitative estimate of drug-likeness (QED) is 0.884. The Morgan fingerprint density at radius 2 is 2.11 bits per heavy atom. The third-order valence-electron chi connectivity index (χ3n) is 4.29. The van der Waals surface area contributed by atoms with E-state index in [2.05, 4.69) is 36.8 Å². The van der Waals surface area contributed by atoms with Crippen molar-refractivity contribution in [2.75, 3.05) is 26.7 Å². The second-order valence-electron chi connectivity index (χ2n) is 5.60. The summed E-state index contributed by atoms with van der Waals surface area (Å²) in [6.45, 7) is 9.29. The van der Waals surface area contributed by atoms with E-state index in [9.17, 15) is 0 Å². The number of hydrogen-bond acceptors (Lipinski definition) is 4. The first kappa shape index (κ1) is 14.6. The average molecular weight is 265 g/mol. The Morgan fingerprint density at radius 3 is 2.63 bits per heavy atom. The summed E-state index contributed by atoms with van der Waals surface area (Å²) in [5, 5.41) is 0. The Labute approximate surface area is 116 Å². The van der Waals surface area contributed by atoms with E-state index in [-0.39, 0.29) is 0 Å². The molecule has 19 heavy (non-hydrogen) atoms. The molecule has 2 heterocycles. The van der Waals surface area contributed by atoms with Crippen molar-refractivity contribution in [3.05, 3.63) is 23.2 Å². The van der Waals surface area contributed by atoms with Crippen LogP contribution in [0.25, 0.3) is 0 Å². The minimum Gasteiger partial charge on any atom is -0.463 e. The maximum Gasteiger partial charge on any atom is 0.120 e. The standard InChI is InChI=1S/C15H27N3O/c1-4-18-7-5-13(6-8-18)17(3)11-14-9-12(2)15(10-16)19-14/h9,13H,4-8,10-11,16H2,1-3H3. The van der Waals surface area contributed by atoms with Gasteiger partial charge in [0.2, 0.25) is 0 Å². The number of nitrogens with zero attached hydrogens (tertiary/aromatic N) is 2. The molecule has 0 radical (unpaired) electrons. The summed E-state index contributed by atoms with van der Waals surface area (Å²) in [5.74, 6) is 1.96. The van der Waals surface area contributed by atoms with E-state index in [4.69, 9.17) is 10.2 Å². The zero-order valence-corrected chi connectivity index (χ0v) is 12.5. The number of aryl methyl sites for hydroxylation is 1. The molecule has 1 fully saturated rings. The number of likely N-dealkylation sites (tertiary alicyclic amines) is 1. The van der Waals surface area contributed by atoms with E-state index in [1.165, 1.54) is 38.0 Å². The van der Waals surface area contributed by atoms with Crippen molar-refractivity contribution in [2.24, 2.45) is 5.73 Å². The normalized spacial score (nSPS) is 18.4. The highest BCUT2D eigenvalue weighted by Gasteiger charge is 2.22. The predicted octanol–water partition coefficient (Wildman–Crippen LogP) is 1.96. The average Bonchev–Trinajstić information content (AvgIpc) is 2.78. The lowest BCUT2D eigenvalue weighted by Gasteiger charge is -2.35. The largest absolute Gasteiger partial charge is 0.463 e. The summed E-state index contributed by atoms with van der Waals surface area (Å²) in [7, 11) is 2.20. The minimum absolute atomic E-state index is 0.491. The van der Waals surface area contributed by atoms with Crippen LogP contribution in [0.1, 0.15) is 36.8 Å². The molecule has 2 rings (SSSR count). The molecule has 0 amide bonds. The topological polar surface area (TPSA) is 45.6 Å². The van der Waals surface area contributed by atoms with E-state index >= 15 is 0 Å². The van der Waals surface area contributed by atoms with Gasteiger partial charge in [-0.25, -0.2) is 0 Å². The SMILES string of the molecule is CCN1CCC(N(C)Cc2cc(C)c(CN)o2)CC1. The molecule has 108 valence electrons. The molecule has 1 aromatic heterocycles. The van der Waals surface area contributed by atoms with Gasteiger partial charge in [-0.1, -0.05) is 6.92 Å². The Hall–Kier alpha value is -0.840. The molecule has 2 N–H and O–H groups in total. The molecule has 1 aliphatic heterocycles. The highest BCUT2D eigenvalue weighted by molar-refractivity contribution is 5.19. The van der Waals surface area contributed by atoms with E-state index in [0.29, 0.717) is 12.6 Å². The van der Waals surface area contributed by atoms with Crippen LogP contribution in [0.4, 0.5) is 0 Å². The van der Waals surface area contributed by atoms with Crippen LogP contribution in [0.2, 0.25) is 0 Å². The third-order valence-corrected chi connectivity index (χ3v) is 4.29. The van der Waals surface area contributed by atoms with Gasteiger partial charge in [0.05, 0.1) is 13.1 Å². The summed E-state index contributed by atoms with van der Waals surface area (Å²) in [4.78, 5) is 4.94. The first-order valence-corrected chi connectivity index (χ1v) is 7.34. The Bertz CT molecular complexity index is 394. The summed E-state index contributed by atoms with van der Waals surface area (Å²) < 4.78 is 5.79. The van der Waals surface area contributed by atoms with Crippen LogP contribution in [0.3, 0.4) is 0 Å². The molecular formula is C15H27N3O. The van der Waals surface area contributed by atoms with Crippen LogP contribution in [0.5, 0.6) is 0 Å². The van der Waals surface area contributed by atoms with Crippen molar-refractivity contribution in [3.63, 3.8) is 0 Å². The monoisotopic (exact) mass is 265 g/mol. The molecular weight excluding hydrogens is 238 g/mol. The highest BCUT2D eigenvalue weighted by atomic mass is 16.3. The fourth-order valence-corrected chi connectivity index (χ4v) is 2.92. The van der Waals surface area contributed by atoms with Crippen LogP contribution in [-0.4, -0.2) is 42.5 Å². The summed E-state index contributed by atoms with van der Waals surface area (Å²) >= 11 is 0. The molecule has 4 nitrogen and oxygen atoms in total. The number of rotatable bonds is 5. The highest BCUT2D eigenvalue weighted by Crippen LogP contribution is 2.20. The fraction of sp³-hybridized carbons (Fsp3) is 0.733. The molecule has 0 spiro atoms. The third kappa shape index (κ3) is 3.59. The molecule has 4 heteroatoms. The van der Waals surface area contributed by atoms with Gasteiger partial charge in [0.1, 0.15) is 11.5 Å². The summed E-state index contributed by atoms with van der Waals surface area (Å²) in [6, 6.07) is 2.80. The van der Waals surface area contributed by atoms with Crippen LogP contribution in [-0.2, 0) is 13.1 Å². The maximum absolute atomic E-state index is 5.79. The number of nitrogens with two attached hydrogens (primary N) is 1. The van der Waals surface area contributed by atoms with Crippen molar-refractivity contribution >= 4 is 0 Å². The second kappa shape index (κ2) is 6.55. The van der Waals surface area contributed by atoms with Gasteiger partial charge in [0.25, 0.3) is 0 Å². The van der Waals surface area contributed by atoms with Gasteiger partial charge in [-0.15, -0.1) is 0 Å². The molecule has 0 saturated carbocycles.